The number of benzene rings is 1. The van der Waals surface area contributed by atoms with Gasteiger partial charge in [-0.1, -0.05) is 31.0 Å². The van der Waals surface area contributed by atoms with E-state index < -0.39 is 0 Å². The Balaban J connectivity index is 1.41. The first kappa shape index (κ1) is 21.2. The van der Waals surface area contributed by atoms with Crippen LogP contribution in [-0.2, 0) is 0 Å². The Labute approximate surface area is 193 Å². The third kappa shape index (κ3) is 4.32. The molecule has 1 N–H and O–H groups in total. The predicted octanol–water partition coefficient (Wildman–Crippen LogP) is 4.03. The van der Waals surface area contributed by atoms with Gasteiger partial charge in [0.1, 0.15) is 5.69 Å². The standard InChI is InChI=1S/C25H29N5OS/c31-24(27-19-25(10-4-5-11-25)29-13-15-32-16-14-29)22-18-30(21-8-2-1-3-9-21)28-23(22)20-7-6-12-26-17-20/h1-3,6-9,12,17-18H,4-5,10-11,13-16,19H2,(H,27,31). The van der Waals surface area contributed by atoms with Crippen molar-refractivity contribution in [2.45, 2.75) is 31.2 Å². The Morgan fingerprint density at radius 2 is 1.84 bits per heavy atom. The molecule has 1 amide bonds. The van der Waals surface area contributed by atoms with Gasteiger partial charge in [0.05, 0.1) is 11.3 Å². The van der Waals surface area contributed by atoms with Gasteiger partial charge in [-0.15, -0.1) is 0 Å². The molecule has 2 aromatic heterocycles. The Hall–Kier alpha value is -2.64. The Kier molecular flexibility index (Phi) is 6.28. The average molecular weight is 448 g/mol. The summed E-state index contributed by atoms with van der Waals surface area (Å²) in [6.07, 6.45) is 10.1. The molecule has 0 spiro atoms. The smallest absolute Gasteiger partial charge is 0.255 e. The van der Waals surface area contributed by atoms with Crippen molar-refractivity contribution in [3.8, 4) is 16.9 Å². The summed E-state index contributed by atoms with van der Waals surface area (Å²) >= 11 is 2.03. The molecule has 7 heteroatoms. The molecule has 2 aliphatic rings. The van der Waals surface area contributed by atoms with Crippen LogP contribution in [0.3, 0.4) is 0 Å². The van der Waals surface area contributed by atoms with Gasteiger partial charge in [0.15, 0.2) is 0 Å². The van der Waals surface area contributed by atoms with Crippen LogP contribution in [0.1, 0.15) is 36.0 Å². The van der Waals surface area contributed by atoms with Crippen LogP contribution < -0.4 is 5.32 Å². The summed E-state index contributed by atoms with van der Waals surface area (Å²) < 4.78 is 1.78. The van der Waals surface area contributed by atoms with E-state index >= 15 is 0 Å². The van der Waals surface area contributed by atoms with Crippen molar-refractivity contribution in [2.24, 2.45) is 0 Å². The zero-order chi connectivity index (χ0) is 21.8. The van der Waals surface area contributed by atoms with Gasteiger partial charge in [-0.05, 0) is 37.1 Å². The van der Waals surface area contributed by atoms with Gasteiger partial charge in [-0.3, -0.25) is 14.7 Å². The average Bonchev–Trinajstić information content (AvgIpc) is 3.53. The van der Waals surface area contributed by atoms with Crippen molar-refractivity contribution < 1.29 is 4.79 Å². The molecule has 0 radical (unpaired) electrons. The van der Waals surface area contributed by atoms with Crippen LogP contribution in [0.2, 0.25) is 0 Å². The zero-order valence-electron chi connectivity index (χ0n) is 18.2. The highest BCUT2D eigenvalue weighted by Gasteiger charge is 2.40. The molecule has 1 saturated carbocycles. The number of rotatable bonds is 6. The maximum Gasteiger partial charge on any atom is 0.255 e. The Morgan fingerprint density at radius 3 is 2.56 bits per heavy atom. The molecule has 3 aromatic rings. The van der Waals surface area contributed by atoms with Crippen molar-refractivity contribution >= 4 is 17.7 Å². The minimum Gasteiger partial charge on any atom is -0.350 e. The second-order valence-corrected chi connectivity index (χ2v) is 9.85. The lowest BCUT2D eigenvalue weighted by molar-refractivity contribution is 0.0818. The highest BCUT2D eigenvalue weighted by Crippen LogP contribution is 2.36. The lowest BCUT2D eigenvalue weighted by atomic mass is 9.94. The second-order valence-electron chi connectivity index (χ2n) is 8.63. The predicted molar refractivity (Wildman–Crippen MR) is 129 cm³/mol. The summed E-state index contributed by atoms with van der Waals surface area (Å²) in [6.45, 7) is 2.93. The SMILES string of the molecule is O=C(NCC1(N2CCSCC2)CCCC1)c1cn(-c2ccccc2)nc1-c1cccnc1. The monoisotopic (exact) mass is 447 g/mol. The molecule has 0 bridgehead atoms. The largest absolute Gasteiger partial charge is 0.350 e. The molecular weight excluding hydrogens is 418 g/mol. The quantitative estimate of drug-likeness (QED) is 0.618. The van der Waals surface area contributed by atoms with E-state index in [4.69, 9.17) is 5.10 Å². The van der Waals surface area contributed by atoms with Crippen LogP contribution >= 0.6 is 11.8 Å². The molecule has 6 nitrogen and oxygen atoms in total. The van der Waals surface area contributed by atoms with Crippen LogP contribution in [0.15, 0.2) is 61.1 Å². The van der Waals surface area contributed by atoms with E-state index in [9.17, 15) is 4.79 Å². The third-order valence-electron chi connectivity index (χ3n) is 6.71. The van der Waals surface area contributed by atoms with Crippen LogP contribution in [0, 0.1) is 0 Å². The normalized spacial score (nSPS) is 18.5. The minimum atomic E-state index is -0.0660. The van der Waals surface area contributed by atoms with E-state index in [2.05, 4.69) is 15.2 Å². The summed E-state index contributed by atoms with van der Waals surface area (Å²) in [7, 11) is 0. The van der Waals surface area contributed by atoms with E-state index in [0.717, 1.165) is 37.2 Å². The summed E-state index contributed by atoms with van der Waals surface area (Å²) in [4.78, 5) is 20.3. The van der Waals surface area contributed by atoms with E-state index in [-0.39, 0.29) is 11.4 Å². The van der Waals surface area contributed by atoms with Gasteiger partial charge in [0.25, 0.3) is 5.91 Å². The molecule has 2 fully saturated rings. The minimum absolute atomic E-state index is 0.0660. The number of nitrogens with one attached hydrogen (secondary N) is 1. The van der Waals surface area contributed by atoms with Crippen LogP contribution in [0.4, 0.5) is 0 Å². The molecule has 0 unspecified atom stereocenters. The molecular formula is C25H29N5OS. The van der Waals surface area contributed by atoms with Crippen LogP contribution in [0.25, 0.3) is 16.9 Å². The number of para-hydroxylation sites is 1. The van der Waals surface area contributed by atoms with Crippen LogP contribution in [-0.4, -0.2) is 62.3 Å². The highest BCUT2D eigenvalue weighted by molar-refractivity contribution is 7.99. The second kappa shape index (κ2) is 9.46. The van der Waals surface area contributed by atoms with Gasteiger partial charge < -0.3 is 5.32 Å². The number of pyridine rings is 1. The number of nitrogens with zero attached hydrogens (tertiary/aromatic N) is 4. The van der Waals surface area contributed by atoms with E-state index in [1.807, 2.05) is 60.4 Å². The molecule has 166 valence electrons. The molecule has 32 heavy (non-hydrogen) atoms. The molecule has 1 aliphatic heterocycles. The zero-order valence-corrected chi connectivity index (χ0v) is 19.1. The van der Waals surface area contributed by atoms with Gasteiger partial charge in [0, 0.05) is 60.8 Å². The molecule has 3 heterocycles. The topological polar surface area (TPSA) is 63.1 Å². The molecule has 1 saturated heterocycles. The Morgan fingerprint density at radius 1 is 1.06 bits per heavy atom. The fourth-order valence-corrected chi connectivity index (χ4v) is 5.89. The summed E-state index contributed by atoms with van der Waals surface area (Å²) in [5, 5.41) is 8.05. The third-order valence-corrected chi connectivity index (χ3v) is 7.65. The van der Waals surface area contributed by atoms with Crippen molar-refractivity contribution in [3.05, 3.63) is 66.6 Å². The number of carbonyl (C=O) groups excluding carboxylic acids is 1. The lowest BCUT2D eigenvalue weighted by Gasteiger charge is -2.43. The van der Waals surface area contributed by atoms with Gasteiger partial charge >= 0.3 is 0 Å². The fraction of sp³-hybridized carbons (Fsp3) is 0.400. The van der Waals surface area contributed by atoms with Gasteiger partial charge in [-0.2, -0.15) is 16.9 Å². The van der Waals surface area contributed by atoms with Gasteiger partial charge in [-0.25, -0.2) is 4.68 Å². The first-order valence-corrected chi connectivity index (χ1v) is 12.6. The van der Waals surface area contributed by atoms with E-state index in [1.165, 1.54) is 24.3 Å². The summed E-state index contributed by atoms with van der Waals surface area (Å²) in [5.74, 6) is 2.30. The highest BCUT2D eigenvalue weighted by atomic mass is 32.2. The lowest BCUT2D eigenvalue weighted by Crippen LogP contribution is -2.56. The molecule has 0 atom stereocenters. The number of amides is 1. The number of hydrogen-bond donors (Lipinski definition) is 1. The number of carbonyl (C=O) groups is 1. The molecule has 1 aliphatic carbocycles. The van der Waals surface area contributed by atoms with Crippen molar-refractivity contribution in [3.63, 3.8) is 0 Å². The first-order chi connectivity index (χ1) is 15.8. The first-order valence-electron chi connectivity index (χ1n) is 11.4. The fourth-order valence-electron chi connectivity index (χ4n) is 4.98. The summed E-state index contributed by atoms with van der Waals surface area (Å²) in [5.41, 5.74) is 3.12. The van der Waals surface area contributed by atoms with Gasteiger partial charge in [0.2, 0.25) is 0 Å². The number of hydrogen-bond acceptors (Lipinski definition) is 5. The van der Waals surface area contributed by atoms with Crippen LogP contribution in [0.5, 0.6) is 0 Å². The maximum atomic E-state index is 13.5. The van der Waals surface area contributed by atoms with E-state index in [1.54, 1.807) is 17.1 Å². The van der Waals surface area contributed by atoms with E-state index in [0.29, 0.717) is 17.8 Å². The Bertz CT molecular complexity index is 1040. The van der Waals surface area contributed by atoms with Crippen molar-refractivity contribution in [2.75, 3.05) is 31.1 Å². The maximum absolute atomic E-state index is 13.5. The number of thioether (sulfide) groups is 1. The van der Waals surface area contributed by atoms with Crippen molar-refractivity contribution in [1.29, 1.82) is 0 Å². The summed E-state index contributed by atoms with van der Waals surface area (Å²) in [6, 6.07) is 13.7. The molecule has 1 aromatic carbocycles. The number of aromatic nitrogens is 3. The van der Waals surface area contributed by atoms with Crippen molar-refractivity contribution in [1.82, 2.24) is 25.0 Å². The molecule has 5 rings (SSSR count).